The number of benzene rings is 7. The van der Waals surface area contributed by atoms with Gasteiger partial charge >= 0.3 is 0 Å². The second-order valence-corrected chi connectivity index (χ2v) is 16.4. The molecule has 0 saturated heterocycles. The maximum absolute atomic E-state index is 14.2. The summed E-state index contributed by atoms with van der Waals surface area (Å²) in [5, 5.41) is 7.82. The Hall–Kier alpha value is -5.57. The maximum atomic E-state index is 14.2. The van der Waals surface area contributed by atoms with Crippen LogP contribution in [0.2, 0.25) is 0 Å². The van der Waals surface area contributed by atoms with Crippen LogP contribution in [0.1, 0.15) is 59.3 Å². The van der Waals surface area contributed by atoms with Crippen LogP contribution in [-0.2, 0) is 10.8 Å². The molecule has 0 bridgehead atoms. The zero-order chi connectivity index (χ0) is 34.5. The highest BCUT2D eigenvalue weighted by Crippen LogP contribution is 2.52. The van der Waals surface area contributed by atoms with Crippen molar-refractivity contribution in [2.45, 2.75) is 41.9 Å². The summed E-state index contributed by atoms with van der Waals surface area (Å²) in [4.78, 5) is 1.98. The van der Waals surface area contributed by atoms with E-state index in [1.54, 1.807) is 0 Å². The SMILES string of the molecule is C=C1C2=C(CCC(c3ccc4c5ccccc5c5ccccc5c4c3)C2)S(=O)c2ccc(-c3ccc4c(c3)C3C=CC=CC3c3ccccc3-4)cc21. The van der Waals surface area contributed by atoms with E-state index in [9.17, 15) is 4.21 Å². The molecule has 0 N–H and O–H groups in total. The molecular formula is C50H36OS. The Labute approximate surface area is 306 Å². The van der Waals surface area contributed by atoms with Gasteiger partial charge in [0.15, 0.2) is 0 Å². The minimum Gasteiger partial charge on any atom is -0.249 e. The molecule has 4 aliphatic rings. The van der Waals surface area contributed by atoms with E-state index in [2.05, 4.69) is 152 Å². The number of allylic oxidation sites excluding steroid dienone is 7. The van der Waals surface area contributed by atoms with Crippen molar-refractivity contribution in [2.75, 3.05) is 0 Å². The van der Waals surface area contributed by atoms with Gasteiger partial charge < -0.3 is 0 Å². The first-order chi connectivity index (χ1) is 25.6. The number of fused-ring (bicyclic) bond motifs is 13. The monoisotopic (exact) mass is 684 g/mol. The minimum absolute atomic E-state index is 0.314. The fourth-order valence-electron chi connectivity index (χ4n) is 9.78. The molecule has 1 nitrogen and oxygen atoms in total. The van der Waals surface area contributed by atoms with Crippen LogP contribution in [0.3, 0.4) is 0 Å². The van der Waals surface area contributed by atoms with Crippen molar-refractivity contribution < 1.29 is 4.21 Å². The Morgan fingerprint density at radius 1 is 0.558 bits per heavy atom. The molecule has 52 heavy (non-hydrogen) atoms. The van der Waals surface area contributed by atoms with Gasteiger partial charge in [-0.05, 0) is 131 Å². The van der Waals surface area contributed by atoms with E-state index < -0.39 is 10.8 Å². The van der Waals surface area contributed by atoms with Gasteiger partial charge in [0, 0.05) is 16.7 Å². The van der Waals surface area contributed by atoms with Gasteiger partial charge in [0.05, 0.1) is 15.7 Å². The topological polar surface area (TPSA) is 17.1 Å². The summed E-state index contributed by atoms with van der Waals surface area (Å²) >= 11 is 0. The zero-order valence-electron chi connectivity index (χ0n) is 28.8. The zero-order valence-corrected chi connectivity index (χ0v) is 29.6. The van der Waals surface area contributed by atoms with Crippen molar-refractivity contribution in [3.05, 3.63) is 191 Å². The van der Waals surface area contributed by atoms with Crippen molar-refractivity contribution in [3.8, 4) is 22.3 Å². The summed E-state index contributed by atoms with van der Waals surface area (Å²) in [5.74, 6) is 1.01. The molecule has 0 saturated carbocycles. The van der Waals surface area contributed by atoms with Gasteiger partial charge in [0.1, 0.15) is 0 Å². The molecule has 248 valence electrons. The quantitative estimate of drug-likeness (QED) is 0.166. The highest BCUT2D eigenvalue weighted by Gasteiger charge is 2.34. The molecule has 3 aliphatic carbocycles. The van der Waals surface area contributed by atoms with Crippen molar-refractivity contribution in [1.82, 2.24) is 0 Å². The lowest BCUT2D eigenvalue weighted by atomic mass is 9.69. The highest BCUT2D eigenvalue weighted by molar-refractivity contribution is 7.89. The minimum atomic E-state index is -1.18. The van der Waals surface area contributed by atoms with Crippen LogP contribution in [-0.4, -0.2) is 4.21 Å². The van der Waals surface area contributed by atoms with Crippen molar-refractivity contribution in [2.24, 2.45) is 0 Å². The molecule has 2 heteroatoms. The van der Waals surface area contributed by atoms with Gasteiger partial charge in [-0.15, -0.1) is 0 Å². The van der Waals surface area contributed by atoms with Crippen LogP contribution in [0, 0.1) is 0 Å². The van der Waals surface area contributed by atoms with E-state index in [0.717, 1.165) is 45.8 Å². The van der Waals surface area contributed by atoms with E-state index in [-0.39, 0.29) is 0 Å². The Balaban J connectivity index is 0.954. The fraction of sp³-hybridized carbons (Fsp3) is 0.120. The maximum Gasteiger partial charge on any atom is 0.0817 e. The molecule has 11 rings (SSSR count). The first kappa shape index (κ1) is 30.1. The summed E-state index contributed by atoms with van der Waals surface area (Å²) in [5.41, 5.74) is 12.4. The molecule has 4 unspecified atom stereocenters. The highest BCUT2D eigenvalue weighted by atomic mass is 32.2. The molecular weight excluding hydrogens is 649 g/mol. The molecule has 0 spiro atoms. The summed E-state index contributed by atoms with van der Waals surface area (Å²) in [6.45, 7) is 4.70. The number of rotatable bonds is 2. The second-order valence-electron chi connectivity index (χ2n) is 14.9. The van der Waals surface area contributed by atoms with Gasteiger partial charge in [-0.2, -0.15) is 0 Å². The summed E-state index contributed by atoms with van der Waals surface area (Å²) < 4.78 is 14.2. The molecule has 7 aromatic carbocycles. The van der Waals surface area contributed by atoms with Gasteiger partial charge in [0.2, 0.25) is 0 Å². The molecule has 1 aliphatic heterocycles. The van der Waals surface area contributed by atoms with Crippen molar-refractivity contribution >= 4 is 48.7 Å². The Morgan fingerprint density at radius 3 is 1.94 bits per heavy atom. The Morgan fingerprint density at radius 2 is 1.17 bits per heavy atom. The first-order valence-corrected chi connectivity index (χ1v) is 19.7. The molecule has 1 heterocycles. The van der Waals surface area contributed by atoms with Gasteiger partial charge in [-0.1, -0.05) is 140 Å². The summed E-state index contributed by atoms with van der Waals surface area (Å²) in [7, 11) is -1.18. The molecule has 0 amide bonds. The van der Waals surface area contributed by atoms with E-state index in [1.165, 1.54) is 71.3 Å². The molecule has 7 aromatic rings. The number of hydrogen-bond acceptors (Lipinski definition) is 1. The van der Waals surface area contributed by atoms with Crippen LogP contribution in [0.15, 0.2) is 174 Å². The largest absolute Gasteiger partial charge is 0.249 e. The predicted octanol–water partition coefficient (Wildman–Crippen LogP) is 13.1. The van der Waals surface area contributed by atoms with Crippen LogP contribution >= 0.6 is 0 Å². The molecule has 4 atom stereocenters. The Bertz CT molecular complexity index is 2790. The van der Waals surface area contributed by atoms with E-state index >= 15 is 0 Å². The summed E-state index contributed by atoms with van der Waals surface area (Å²) in [6, 6.07) is 47.0. The third-order valence-electron chi connectivity index (χ3n) is 12.3. The molecule has 0 radical (unpaired) electrons. The second kappa shape index (κ2) is 11.5. The van der Waals surface area contributed by atoms with E-state index in [4.69, 9.17) is 6.58 Å². The third-order valence-corrected chi connectivity index (χ3v) is 14.0. The molecule has 0 fully saturated rings. The predicted molar refractivity (Wildman–Crippen MR) is 219 cm³/mol. The lowest BCUT2D eigenvalue weighted by Gasteiger charge is -2.34. The lowest BCUT2D eigenvalue weighted by molar-refractivity contribution is 0.595. The van der Waals surface area contributed by atoms with Crippen molar-refractivity contribution in [1.29, 1.82) is 0 Å². The van der Waals surface area contributed by atoms with Crippen LogP contribution in [0.4, 0.5) is 0 Å². The van der Waals surface area contributed by atoms with Gasteiger partial charge in [-0.25, -0.2) is 4.21 Å². The average molecular weight is 685 g/mol. The van der Waals surface area contributed by atoms with Crippen LogP contribution in [0.25, 0.3) is 60.1 Å². The van der Waals surface area contributed by atoms with Crippen LogP contribution in [0.5, 0.6) is 0 Å². The Kier molecular flexibility index (Phi) is 6.64. The van der Waals surface area contributed by atoms with Crippen molar-refractivity contribution in [3.63, 3.8) is 0 Å². The first-order valence-electron chi connectivity index (χ1n) is 18.5. The average Bonchev–Trinajstić information content (AvgIpc) is 3.22. The summed E-state index contributed by atoms with van der Waals surface area (Å²) in [6.07, 6.45) is 11.8. The lowest BCUT2D eigenvalue weighted by Crippen LogP contribution is -2.18. The third kappa shape index (κ3) is 4.37. The normalized spacial score (nSPS) is 21.5. The standard InChI is InChI=1S/C50H36OS/c1-30-45-26-33(31-18-22-43-39-14-4-2-10-35(39)37-12-6-8-16-41(37)47(43)28-31)20-24-49(45)52(51)50-25-21-34(27-46(30)50)32-19-23-44-40-15-5-3-11-36(40)38-13-7-9-17-42(38)48(44)29-32/h2-20,22-24,26,28-29,34,37,41H,1,21,25,27H2. The van der Waals surface area contributed by atoms with E-state index in [0.29, 0.717) is 17.8 Å². The molecule has 0 aromatic heterocycles. The van der Waals surface area contributed by atoms with Gasteiger partial charge in [-0.3, -0.25) is 0 Å². The number of hydrogen-bond donors (Lipinski definition) is 0. The van der Waals surface area contributed by atoms with Gasteiger partial charge in [0.25, 0.3) is 0 Å². The van der Waals surface area contributed by atoms with E-state index in [1.807, 2.05) is 0 Å². The smallest absolute Gasteiger partial charge is 0.0817 e. The fourth-order valence-corrected chi connectivity index (χ4v) is 11.4. The van der Waals surface area contributed by atoms with Crippen LogP contribution < -0.4 is 0 Å².